The third-order valence-corrected chi connectivity index (χ3v) is 5.57. The summed E-state index contributed by atoms with van der Waals surface area (Å²) >= 11 is 0. The molecule has 5 rings (SSSR count). The Morgan fingerprint density at radius 3 is 2.61 bits per heavy atom. The van der Waals surface area contributed by atoms with Crippen LogP contribution >= 0.6 is 0 Å². The summed E-state index contributed by atoms with van der Waals surface area (Å²) in [5, 5.41) is 4.31. The summed E-state index contributed by atoms with van der Waals surface area (Å²) in [6, 6.07) is 23.7. The van der Waals surface area contributed by atoms with Gasteiger partial charge < -0.3 is 16.0 Å². The van der Waals surface area contributed by atoms with Crippen LogP contribution in [0.3, 0.4) is 0 Å². The van der Waals surface area contributed by atoms with Gasteiger partial charge in [0.1, 0.15) is 11.6 Å². The number of carbonyl (C=O) groups excluding carboxylic acids is 1. The van der Waals surface area contributed by atoms with Crippen LogP contribution in [0.2, 0.25) is 0 Å². The third-order valence-electron chi connectivity index (χ3n) is 5.57. The second-order valence-corrected chi connectivity index (χ2v) is 7.80. The minimum atomic E-state index is 0.00280. The van der Waals surface area contributed by atoms with Crippen molar-refractivity contribution in [2.45, 2.75) is 12.5 Å². The molecular weight excluding hydrogens is 386 g/mol. The van der Waals surface area contributed by atoms with Gasteiger partial charge in [-0.25, -0.2) is 9.97 Å². The zero-order valence-corrected chi connectivity index (χ0v) is 17.0. The van der Waals surface area contributed by atoms with E-state index in [4.69, 9.17) is 10.7 Å². The Morgan fingerprint density at radius 2 is 1.87 bits per heavy atom. The molecule has 154 valence electrons. The maximum atomic E-state index is 12.9. The number of rotatable bonds is 4. The first-order chi connectivity index (χ1) is 15.2. The summed E-state index contributed by atoms with van der Waals surface area (Å²) in [7, 11) is 0. The van der Waals surface area contributed by atoms with Gasteiger partial charge >= 0.3 is 0 Å². The smallest absolute Gasteiger partial charge is 0.253 e. The summed E-state index contributed by atoms with van der Waals surface area (Å²) < 4.78 is 0. The molecule has 1 atom stereocenters. The fourth-order valence-corrected chi connectivity index (χ4v) is 3.95. The van der Waals surface area contributed by atoms with Gasteiger partial charge in [-0.05, 0) is 42.3 Å². The van der Waals surface area contributed by atoms with Crippen molar-refractivity contribution in [3.05, 3.63) is 84.6 Å². The summed E-state index contributed by atoms with van der Waals surface area (Å²) in [5.74, 6) is 1.41. The normalized spacial score (nSPS) is 15.9. The van der Waals surface area contributed by atoms with Gasteiger partial charge in [0.05, 0.1) is 5.52 Å². The van der Waals surface area contributed by atoms with E-state index in [0.29, 0.717) is 30.3 Å². The average Bonchev–Trinajstić information content (AvgIpc) is 3.25. The van der Waals surface area contributed by atoms with Crippen LogP contribution in [0.25, 0.3) is 22.0 Å². The Labute approximate surface area is 180 Å². The van der Waals surface area contributed by atoms with Crippen LogP contribution in [0.15, 0.2) is 79.0 Å². The molecule has 6 nitrogen and oxygen atoms in total. The number of nitrogens with two attached hydrogens (primary N) is 1. The highest BCUT2D eigenvalue weighted by Crippen LogP contribution is 2.32. The Balaban J connectivity index is 1.58. The molecule has 0 saturated carbocycles. The molecule has 1 aliphatic rings. The SMILES string of the molecule is NC1CCN(C(=O)c2ccc3cc(-c4ccccc4)c(Nc4ccccn4)nc3c2)C1. The molecule has 1 fully saturated rings. The molecule has 3 heterocycles. The van der Waals surface area contributed by atoms with E-state index in [-0.39, 0.29) is 11.9 Å². The summed E-state index contributed by atoms with van der Waals surface area (Å²) in [5.41, 5.74) is 9.40. The van der Waals surface area contributed by atoms with E-state index in [9.17, 15) is 4.79 Å². The molecule has 3 N–H and O–H groups in total. The maximum Gasteiger partial charge on any atom is 0.253 e. The number of hydrogen-bond acceptors (Lipinski definition) is 5. The van der Waals surface area contributed by atoms with E-state index >= 15 is 0 Å². The van der Waals surface area contributed by atoms with Crippen LogP contribution in [-0.4, -0.2) is 39.9 Å². The van der Waals surface area contributed by atoms with Crippen molar-refractivity contribution in [2.24, 2.45) is 5.73 Å². The van der Waals surface area contributed by atoms with Crippen molar-refractivity contribution in [1.29, 1.82) is 0 Å². The van der Waals surface area contributed by atoms with E-state index in [0.717, 1.165) is 28.5 Å². The number of aromatic nitrogens is 2. The van der Waals surface area contributed by atoms with Gasteiger partial charge in [0.15, 0.2) is 0 Å². The van der Waals surface area contributed by atoms with Crippen LogP contribution in [0, 0.1) is 0 Å². The predicted octanol–water partition coefficient (Wildman–Crippen LogP) is 4.21. The number of anilines is 2. The predicted molar refractivity (Wildman–Crippen MR) is 123 cm³/mol. The fourth-order valence-electron chi connectivity index (χ4n) is 3.95. The summed E-state index contributed by atoms with van der Waals surface area (Å²) in [6.45, 7) is 1.30. The Bertz CT molecular complexity index is 1230. The average molecular weight is 409 g/mol. The van der Waals surface area contributed by atoms with E-state index in [1.54, 1.807) is 6.20 Å². The Hall–Kier alpha value is -3.77. The van der Waals surface area contributed by atoms with Gasteiger partial charge in [-0.15, -0.1) is 0 Å². The highest BCUT2D eigenvalue weighted by atomic mass is 16.2. The number of carbonyl (C=O) groups is 1. The zero-order chi connectivity index (χ0) is 21.2. The lowest BCUT2D eigenvalue weighted by Gasteiger charge is -2.17. The van der Waals surface area contributed by atoms with Crippen molar-refractivity contribution in [3.8, 4) is 11.1 Å². The summed E-state index contributed by atoms with van der Waals surface area (Å²) in [4.78, 5) is 24.0. The monoisotopic (exact) mass is 409 g/mol. The molecule has 2 aromatic heterocycles. The maximum absolute atomic E-state index is 12.9. The fraction of sp³-hybridized carbons (Fsp3) is 0.160. The lowest BCUT2D eigenvalue weighted by atomic mass is 10.0. The quantitative estimate of drug-likeness (QED) is 0.527. The second kappa shape index (κ2) is 8.16. The number of hydrogen-bond donors (Lipinski definition) is 2. The van der Waals surface area contributed by atoms with Crippen molar-refractivity contribution in [3.63, 3.8) is 0 Å². The van der Waals surface area contributed by atoms with Crippen molar-refractivity contribution in [1.82, 2.24) is 14.9 Å². The van der Waals surface area contributed by atoms with Crippen LogP contribution in [0.5, 0.6) is 0 Å². The van der Waals surface area contributed by atoms with Gasteiger partial charge in [-0.2, -0.15) is 0 Å². The molecule has 1 unspecified atom stereocenters. The van der Waals surface area contributed by atoms with Crippen LogP contribution in [-0.2, 0) is 0 Å². The molecule has 0 spiro atoms. The third kappa shape index (κ3) is 3.98. The molecule has 0 bridgehead atoms. The molecule has 1 amide bonds. The second-order valence-electron chi connectivity index (χ2n) is 7.80. The molecule has 0 radical (unpaired) electrons. The Morgan fingerprint density at radius 1 is 1.03 bits per heavy atom. The van der Waals surface area contributed by atoms with Crippen LogP contribution < -0.4 is 11.1 Å². The van der Waals surface area contributed by atoms with Gasteiger partial charge in [-0.1, -0.05) is 42.5 Å². The highest BCUT2D eigenvalue weighted by Gasteiger charge is 2.24. The summed E-state index contributed by atoms with van der Waals surface area (Å²) in [6.07, 6.45) is 2.58. The van der Waals surface area contributed by atoms with Gasteiger partial charge in [0.25, 0.3) is 5.91 Å². The van der Waals surface area contributed by atoms with Crippen LogP contribution in [0.1, 0.15) is 16.8 Å². The first kappa shape index (κ1) is 19.2. The molecule has 0 aliphatic carbocycles. The Kier molecular flexibility index (Phi) is 5.06. The van der Waals surface area contributed by atoms with E-state index in [2.05, 4.69) is 28.5 Å². The van der Waals surface area contributed by atoms with Crippen LogP contribution in [0.4, 0.5) is 11.6 Å². The molecule has 2 aromatic carbocycles. The van der Waals surface area contributed by atoms with Gasteiger partial charge in [-0.3, -0.25) is 4.79 Å². The minimum Gasteiger partial charge on any atom is -0.337 e. The largest absolute Gasteiger partial charge is 0.337 e. The number of pyridine rings is 2. The number of benzene rings is 2. The lowest BCUT2D eigenvalue weighted by Crippen LogP contribution is -2.31. The minimum absolute atomic E-state index is 0.00280. The van der Waals surface area contributed by atoms with E-state index < -0.39 is 0 Å². The molecule has 1 aliphatic heterocycles. The molecule has 4 aromatic rings. The highest BCUT2D eigenvalue weighted by molar-refractivity contribution is 5.99. The van der Waals surface area contributed by atoms with Crippen molar-refractivity contribution < 1.29 is 4.79 Å². The van der Waals surface area contributed by atoms with E-state index in [1.807, 2.05) is 59.5 Å². The van der Waals surface area contributed by atoms with E-state index in [1.165, 1.54) is 0 Å². The first-order valence-corrected chi connectivity index (χ1v) is 10.4. The number of nitrogens with zero attached hydrogens (tertiary/aromatic N) is 3. The molecule has 1 saturated heterocycles. The number of amides is 1. The molecular formula is C25H23N5O. The standard InChI is InChI=1S/C25H23N5O/c26-20-11-13-30(16-20)25(31)19-10-9-18-14-21(17-6-2-1-3-7-17)24(28-22(18)15-19)29-23-8-4-5-12-27-23/h1-10,12,14-15,20H,11,13,16,26H2,(H,27,28,29). The van der Waals surface area contributed by atoms with Gasteiger partial charge in [0.2, 0.25) is 0 Å². The number of nitrogens with one attached hydrogen (secondary N) is 1. The zero-order valence-electron chi connectivity index (χ0n) is 17.0. The lowest BCUT2D eigenvalue weighted by molar-refractivity contribution is 0.0791. The number of fused-ring (bicyclic) bond motifs is 1. The molecule has 31 heavy (non-hydrogen) atoms. The van der Waals surface area contributed by atoms with Gasteiger partial charge in [0, 0.05) is 41.8 Å². The topological polar surface area (TPSA) is 84.1 Å². The first-order valence-electron chi connectivity index (χ1n) is 10.4. The molecule has 6 heteroatoms. The van der Waals surface area contributed by atoms with Crippen molar-refractivity contribution >= 4 is 28.4 Å². The van der Waals surface area contributed by atoms with Crippen molar-refractivity contribution in [2.75, 3.05) is 18.4 Å². The number of likely N-dealkylation sites (tertiary alicyclic amines) is 1.